The van der Waals surface area contributed by atoms with Crippen molar-refractivity contribution < 1.29 is 19.1 Å². The average Bonchev–Trinajstić information content (AvgIpc) is 3.84. The number of amides is 2. The molecule has 0 radical (unpaired) electrons. The SMILES string of the molecule is CCN1C(=O)/C(=C\c2cc3c(s2)-c2cc4c(cc2C2(CCCCC2)O3)-c2sc(/C=C3/SC(=S)N(CC)C3=O)nc2OC42CCCCC2)SC1=S. The number of likely N-dealkylation sites (N-methyl/N-ethyl adjacent to an activating group) is 2. The van der Waals surface area contributed by atoms with E-state index in [1.165, 1.54) is 58.6 Å². The van der Waals surface area contributed by atoms with Crippen LogP contribution in [0.25, 0.3) is 33.0 Å². The van der Waals surface area contributed by atoms with Crippen molar-refractivity contribution in [2.45, 2.75) is 89.3 Å². The molecule has 7 nitrogen and oxygen atoms in total. The van der Waals surface area contributed by atoms with Crippen molar-refractivity contribution in [3.05, 3.63) is 49.0 Å². The lowest BCUT2D eigenvalue weighted by molar-refractivity contribution is -0.122. The lowest BCUT2D eigenvalue weighted by Gasteiger charge is -2.45. The second-order valence-corrected chi connectivity index (χ2v) is 19.1. The zero-order valence-electron chi connectivity index (χ0n) is 27.8. The van der Waals surface area contributed by atoms with Crippen LogP contribution in [0.2, 0.25) is 0 Å². The lowest BCUT2D eigenvalue weighted by Crippen LogP contribution is -2.40. The molecule has 4 aliphatic heterocycles. The molecule has 2 aliphatic carbocycles. The Bertz CT molecular complexity index is 1920. The van der Waals surface area contributed by atoms with Crippen LogP contribution in [0.1, 0.15) is 99.1 Å². The van der Waals surface area contributed by atoms with E-state index < -0.39 is 11.2 Å². The van der Waals surface area contributed by atoms with E-state index in [2.05, 4.69) is 18.2 Å². The van der Waals surface area contributed by atoms with Crippen molar-refractivity contribution >= 4 is 103 Å². The molecule has 0 N–H and O–H groups in total. The Labute approximate surface area is 318 Å². The molecule has 3 aromatic rings. The third kappa shape index (κ3) is 5.20. The van der Waals surface area contributed by atoms with Gasteiger partial charge in [0.2, 0.25) is 5.88 Å². The molecule has 2 amide bonds. The van der Waals surface area contributed by atoms with E-state index in [1.807, 2.05) is 26.0 Å². The van der Waals surface area contributed by atoms with Crippen LogP contribution in [0.3, 0.4) is 0 Å². The van der Waals surface area contributed by atoms with Crippen molar-refractivity contribution in [2.75, 3.05) is 13.1 Å². The first-order valence-electron chi connectivity index (χ1n) is 17.5. The fraction of sp³-hybridized carbons (Fsp3) is 0.432. The van der Waals surface area contributed by atoms with E-state index >= 15 is 0 Å². The molecule has 4 fully saturated rings. The molecule has 50 heavy (non-hydrogen) atoms. The van der Waals surface area contributed by atoms with Gasteiger partial charge in [0.05, 0.1) is 19.6 Å². The van der Waals surface area contributed by atoms with E-state index in [0.29, 0.717) is 37.4 Å². The first-order chi connectivity index (χ1) is 24.2. The highest BCUT2D eigenvalue weighted by Crippen LogP contribution is 2.60. The second kappa shape index (κ2) is 12.5. The van der Waals surface area contributed by atoms with Gasteiger partial charge in [-0.3, -0.25) is 19.4 Å². The number of hydrogen-bond acceptors (Lipinski definition) is 11. The number of fused-ring (bicyclic) bond motifs is 8. The smallest absolute Gasteiger partial charge is 0.266 e. The van der Waals surface area contributed by atoms with Crippen LogP contribution < -0.4 is 9.47 Å². The Morgan fingerprint density at radius 1 is 0.740 bits per heavy atom. The summed E-state index contributed by atoms with van der Waals surface area (Å²) < 4.78 is 15.3. The maximum absolute atomic E-state index is 13.1. The molecule has 9 rings (SSSR count). The third-order valence-electron chi connectivity index (χ3n) is 10.8. The molecule has 13 heteroatoms. The Kier molecular flexibility index (Phi) is 8.36. The maximum Gasteiger partial charge on any atom is 0.266 e. The number of rotatable bonds is 4. The Balaban J connectivity index is 1.19. The number of carbonyl (C=O) groups excluding carboxylic acids is 2. The molecule has 2 spiro atoms. The quantitative estimate of drug-likeness (QED) is 0.190. The fourth-order valence-electron chi connectivity index (χ4n) is 8.36. The van der Waals surface area contributed by atoms with Gasteiger partial charge in [-0.1, -0.05) is 60.8 Å². The summed E-state index contributed by atoms with van der Waals surface area (Å²) in [5.41, 5.74) is 4.00. The first kappa shape index (κ1) is 33.3. The van der Waals surface area contributed by atoms with Crippen LogP contribution in [0.5, 0.6) is 11.6 Å². The minimum absolute atomic E-state index is 0.0268. The Morgan fingerprint density at radius 3 is 1.84 bits per heavy atom. The molecule has 0 atom stereocenters. The summed E-state index contributed by atoms with van der Waals surface area (Å²) >= 11 is 17.0. The van der Waals surface area contributed by atoms with Crippen LogP contribution in [0.4, 0.5) is 0 Å². The highest BCUT2D eigenvalue weighted by atomic mass is 32.2. The lowest BCUT2D eigenvalue weighted by atomic mass is 9.71. The largest absolute Gasteiger partial charge is 0.481 e. The van der Waals surface area contributed by atoms with Crippen LogP contribution >= 0.6 is 70.6 Å². The van der Waals surface area contributed by atoms with Crippen LogP contribution in [0.15, 0.2) is 28.0 Å². The van der Waals surface area contributed by atoms with Crippen molar-refractivity contribution in [1.29, 1.82) is 0 Å². The van der Waals surface area contributed by atoms with E-state index in [9.17, 15) is 9.59 Å². The molecule has 258 valence electrons. The van der Waals surface area contributed by atoms with E-state index in [1.54, 1.807) is 32.5 Å². The van der Waals surface area contributed by atoms with Crippen molar-refractivity contribution in [3.63, 3.8) is 0 Å². The van der Waals surface area contributed by atoms with Gasteiger partial charge in [0.15, 0.2) is 0 Å². The van der Waals surface area contributed by atoms with E-state index in [-0.39, 0.29) is 11.8 Å². The normalized spacial score (nSPS) is 23.4. The van der Waals surface area contributed by atoms with Crippen molar-refractivity contribution in [3.8, 4) is 32.5 Å². The number of thiazole rings is 1. The third-order valence-corrected chi connectivity index (χ3v) is 15.7. The van der Waals surface area contributed by atoms with Gasteiger partial charge in [0, 0.05) is 40.2 Å². The predicted molar refractivity (Wildman–Crippen MR) is 213 cm³/mol. The first-order valence-corrected chi connectivity index (χ1v) is 21.5. The molecule has 2 aromatic heterocycles. The molecule has 1 aromatic carbocycles. The maximum atomic E-state index is 13.1. The van der Waals surface area contributed by atoms with Gasteiger partial charge in [-0.15, -0.1) is 22.7 Å². The Hall–Kier alpha value is -2.55. The summed E-state index contributed by atoms with van der Waals surface area (Å²) in [4.78, 5) is 38.9. The molecule has 6 heterocycles. The molecule has 0 bridgehead atoms. The van der Waals surface area contributed by atoms with Crippen molar-refractivity contribution in [1.82, 2.24) is 14.8 Å². The number of thiocarbonyl (C=S) groups is 2. The van der Waals surface area contributed by atoms with Gasteiger partial charge >= 0.3 is 0 Å². The molecule has 2 saturated heterocycles. The minimum Gasteiger partial charge on any atom is -0.481 e. The number of thiophene rings is 1. The number of hydrogen-bond donors (Lipinski definition) is 0. The number of nitrogens with zero attached hydrogens (tertiary/aromatic N) is 3. The fourth-order valence-corrected chi connectivity index (χ4v) is 13.3. The average molecular weight is 778 g/mol. The van der Waals surface area contributed by atoms with E-state index in [0.717, 1.165) is 76.8 Å². The summed E-state index contributed by atoms with van der Waals surface area (Å²) in [5, 5.41) is 0.755. The van der Waals surface area contributed by atoms with Crippen LogP contribution in [0, 0.1) is 0 Å². The second-order valence-electron chi connectivity index (χ2n) is 13.6. The highest BCUT2D eigenvalue weighted by molar-refractivity contribution is 8.27. The van der Waals surface area contributed by atoms with Gasteiger partial charge in [0.1, 0.15) is 30.6 Å². The number of benzene rings is 1. The monoisotopic (exact) mass is 777 g/mol. The van der Waals surface area contributed by atoms with Gasteiger partial charge in [0.25, 0.3) is 11.8 Å². The number of aromatic nitrogens is 1. The van der Waals surface area contributed by atoms with Gasteiger partial charge in [-0.05, 0) is 95.6 Å². The number of ether oxygens (including phenoxy) is 2. The van der Waals surface area contributed by atoms with Crippen LogP contribution in [-0.4, -0.2) is 48.3 Å². The number of carbonyl (C=O) groups is 2. The predicted octanol–water partition coefficient (Wildman–Crippen LogP) is 10.1. The summed E-state index contributed by atoms with van der Waals surface area (Å²) in [6.07, 6.45) is 14.5. The van der Waals surface area contributed by atoms with Gasteiger partial charge < -0.3 is 9.47 Å². The number of thioether (sulfide) groups is 2. The molecule has 2 saturated carbocycles. The van der Waals surface area contributed by atoms with Crippen molar-refractivity contribution in [2.24, 2.45) is 0 Å². The van der Waals surface area contributed by atoms with Gasteiger partial charge in [-0.25, -0.2) is 4.98 Å². The molecular weight excluding hydrogens is 743 g/mol. The standard InChI is InChI=1S/C37H35N3O4S6/c1-3-39-32(41)26(48-34(39)45)16-20-15-25-29(47-20)21-17-24-22(18-23(21)36(43-25)11-7-5-8-12-36)30-31(44-37(24)13-9-6-10-14-37)38-28(50-30)19-27-33(42)40(4-2)35(46)49-27/h15-19H,3-14H2,1-2H3/b26-16+,27-19+. The molecule has 0 unspecified atom stereocenters. The minimum atomic E-state index is -0.459. The Morgan fingerprint density at radius 2 is 1.28 bits per heavy atom. The zero-order valence-corrected chi connectivity index (χ0v) is 32.7. The van der Waals surface area contributed by atoms with E-state index in [4.69, 9.17) is 38.9 Å². The topological polar surface area (TPSA) is 72.0 Å². The van der Waals surface area contributed by atoms with Gasteiger partial charge in [-0.2, -0.15) is 0 Å². The van der Waals surface area contributed by atoms with Crippen LogP contribution in [-0.2, 0) is 20.8 Å². The zero-order chi connectivity index (χ0) is 34.4. The summed E-state index contributed by atoms with van der Waals surface area (Å²) in [5.74, 6) is 1.48. The summed E-state index contributed by atoms with van der Waals surface area (Å²) in [6, 6.07) is 6.94. The highest BCUT2D eigenvalue weighted by Gasteiger charge is 2.48. The molecule has 6 aliphatic rings. The summed E-state index contributed by atoms with van der Waals surface area (Å²) in [6.45, 7) is 5.02. The summed E-state index contributed by atoms with van der Waals surface area (Å²) in [7, 11) is 0. The molecular formula is C37H35N3O4S6.